The molecular weight excluding hydrogens is 265 g/mol. The van der Waals surface area contributed by atoms with E-state index in [9.17, 15) is 4.39 Å². The van der Waals surface area contributed by atoms with Gasteiger partial charge in [-0.15, -0.1) is 0 Å². The van der Waals surface area contributed by atoms with E-state index in [1.54, 1.807) is 20.1 Å². The largest absolute Gasteiger partial charge is 0.497 e. The first-order valence-corrected chi connectivity index (χ1v) is 7.21. The monoisotopic (exact) mass is 287 g/mol. The highest BCUT2D eigenvalue weighted by atomic mass is 19.1. The van der Waals surface area contributed by atoms with Crippen molar-refractivity contribution in [2.45, 2.75) is 26.8 Å². The van der Waals surface area contributed by atoms with Gasteiger partial charge in [0.05, 0.1) is 13.2 Å². The number of halogens is 1. The maximum Gasteiger partial charge on any atom is 0.131 e. The third-order valence-electron chi connectivity index (χ3n) is 3.73. The second-order valence-electron chi connectivity index (χ2n) is 5.19. The van der Waals surface area contributed by atoms with Crippen molar-refractivity contribution in [1.29, 1.82) is 0 Å². The number of benzene rings is 2. The zero-order valence-corrected chi connectivity index (χ0v) is 13.0. The van der Waals surface area contributed by atoms with Crippen molar-refractivity contribution in [1.82, 2.24) is 5.32 Å². The van der Waals surface area contributed by atoms with E-state index >= 15 is 0 Å². The van der Waals surface area contributed by atoms with Crippen LogP contribution >= 0.6 is 0 Å². The number of methoxy groups -OCH3 is 1. The van der Waals surface area contributed by atoms with Crippen molar-refractivity contribution in [2.24, 2.45) is 0 Å². The standard InChI is InChI=1S/C18H22FNO/c1-5-20-18(16-8-6-7-12(2)17(16)19)15-10-9-14(21-4)11-13(15)3/h6-11,18,20H,5H2,1-4H3. The summed E-state index contributed by atoms with van der Waals surface area (Å²) < 4.78 is 19.7. The number of hydrogen-bond acceptors (Lipinski definition) is 2. The van der Waals surface area contributed by atoms with Crippen molar-refractivity contribution < 1.29 is 9.13 Å². The summed E-state index contributed by atoms with van der Waals surface area (Å²) in [7, 11) is 1.65. The molecule has 0 saturated carbocycles. The molecule has 112 valence electrons. The van der Waals surface area contributed by atoms with Crippen molar-refractivity contribution >= 4 is 0 Å². The highest BCUT2D eigenvalue weighted by molar-refractivity contribution is 5.42. The van der Waals surface area contributed by atoms with Gasteiger partial charge in [-0.1, -0.05) is 31.2 Å². The van der Waals surface area contributed by atoms with Gasteiger partial charge in [0.15, 0.2) is 0 Å². The van der Waals surface area contributed by atoms with Gasteiger partial charge >= 0.3 is 0 Å². The predicted octanol–water partition coefficient (Wildman–Crippen LogP) is 4.15. The summed E-state index contributed by atoms with van der Waals surface area (Å²) in [6.07, 6.45) is 0. The summed E-state index contributed by atoms with van der Waals surface area (Å²) in [5.74, 6) is 0.676. The molecule has 3 heteroatoms. The minimum Gasteiger partial charge on any atom is -0.497 e. The van der Waals surface area contributed by atoms with Gasteiger partial charge in [-0.2, -0.15) is 0 Å². The maximum absolute atomic E-state index is 14.5. The first-order valence-electron chi connectivity index (χ1n) is 7.21. The van der Waals surface area contributed by atoms with Gasteiger partial charge in [-0.3, -0.25) is 0 Å². The van der Waals surface area contributed by atoms with Crippen LogP contribution < -0.4 is 10.1 Å². The molecule has 1 unspecified atom stereocenters. The molecule has 0 heterocycles. The summed E-state index contributed by atoms with van der Waals surface area (Å²) >= 11 is 0. The highest BCUT2D eigenvalue weighted by Crippen LogP contribution is 2.30. The van der Waals surface area contributed by atoms with Crippen LogP contribution in [0.5, 0.6) is 5.75 Å². The SMILES string of the molecule is CCNC(c1ccc(OC)cc1C)c1cccc(C)c1F. The second kappa shape index (κ2) is 6.72. The van der Waals surface area contributed by atoms with Crippen LogP contribution in [0.4, 0.5) is 4.39 Å². The Morgan fingerprint density at radius 1 is 1.10 bits per heavy atom. The van der Waals surface area contributed by atoms with E-state index in [1.807, 2.05) is 44.2 Å². The molecule has 1 N–H and O–H groups in total. The first-order chi connectivity index (χ1) is 10.1. The molecule has 2 aromatic carbocycles. The average molecular weight is 287 g/mol. The molecule has 0 spiro atoms. The van der Waals surface area contributed by atoms with E-state index < -0.39 is 0 Å². The quantitative estimate of drug-likeness (QED) is 0.892. The van der Waals surface area contributed by atoms with E-state index in [1.165, 1.54) is 0 Å². The molecule has 0 fully saturated rings. The Hall–Kier alpha value is -1.87. The maximum atomic E-state index is 14.5. The lowest BCUT2D eigenvalue weighted by atomic mass is 9.93. The Labute approximate surface area is 126 Å². The third-order valence-corrected chi connectivity index (χ3v) is 3.73. The van der Waals surface area contributed by atoms with Gasteiger partial charge in [-0.25, -0.2) is 4.39 Å². The number of rotatable bonds is 5. The zero-order valence-electron chi connectivity index (χ0n) is 13.0. The van der Waals surface area contributed by atoms with Crippen molar-refractivity contribution in [3.63, 3.8) is 0 Å². The molecule has 0 aliphatic rings. The molecule has 0 saturated heterocycles. The minimum absolute atomic E-state index is 0.140. The van der Waals surface area contributed by atoms with Crippen LogP contribution in [0.3, 0.4) is 0 Å². The van der Waals surface area contributed by atoms with Crippen LogP contribution in [0.25, 0.3) is 0 Å². The van der Waals surface area contributed by atoms with E-state index in [0.717, 1.165) is 23.4 Å². The molecular formula is C18H22FNO. The Balaban J connectivity index is 2.51. The average Bonchev–Trinajstić information content (AvgIpc) is 2.48. The molecule has 0 aliphatic carbocycles. The van der Waals surface area contributed by atoms with Gasteiger partial charge in [0, 0.05) is 5.56 Å². The topological polar surface area (TPSA) is 21.3 Å². The van der Waals surface area contributed by atoms with Crippen LogP contribution in [-0.4, -0.2) is 13.7 Å². The van der Waals surface area contributed by atoms with Crippen LogP contribution in [0, 0.1) is 19.7 Å². The molecule has 21 heavy (non-hydrogen) atoms. The minimum atomic E-state index is -0.152. The fourth-order valence-electron chi connectivity index (χ4n) is 2.58. The smallest absolute Gasteiger partial charge is 0.131 e. The number of aryl methyl sites for hydroxylation is 2. The fourth-order valence-corrected chi connectivity index (χ4v) is 2.58. The first kappa shape index (κ1) is 15.5. The molecule has 1 atom stereocenters. The van der Waals surface area contributed by atoms with Crippen molar-refractivity contribution in [2.75, 3.05) is 13.7 Å². The van der Waals surface area contributed by atoms with E-state index in [-0.39, 0.29) is 11.9 Å². The second-order valence-corrected chi connectivity index (χ2v) is 5.19. The van der Waals surface area contributed by atoms with Crippen LogP contribution in [0.1, 0.15) is 35.2 Å². The summed E-state index contributed by atoms with van der Waals surface area (Å²) in [4.78, 5) is 0. The highest BCUT2D eigenvalue weighted by Gasteiger charge is 2.19. The van der Waals surface area contributed by atoms with Crippen LogP contribution in [0.2, 0.25) is 0 Å². The molecule has 2 rings (SSSR count). The Kier molecular flexibility index (Phi) is 4.97. The predicted molar refractivity (Wildman–Crippen MR) is 84.4 cm³/mol. The number of ether oxygens (including phenoxy) is 1. The van der Waals surface area contributed by atoms with Gasteiger partial charge in [-0.05, 0) is 49.2 Å². The lowest BCUT2D eigenvalue weighted by Crippen LogP contribution is -2.24. The molecule has 2 aromatic rings. The summed E-state index contributed by atoms with van der Waals surface area (Å²) in [6.45, 7) is 6.61. The van der Waals surface area contributed by atoms with Crippen LogP contribution in [0.15, 0.2) is 36.4 Å². The molecule has 0 amide bonds. The van der Waals surface area contributed by atoms with E-state index in [4.69, 9.17) is 4.74 Å². The normalized spacial score (nSPS) is 12.2. The van der Waals surface area contributed by atoms with E-state index in [2.05, 4.69) is 5.32 Å². The molecule has 2 nitrogen and oxygen atoms in total. The summed E-state index contributed by atoms with van der Waals surface area (Å²) in [5.41, 5.74) is 3.51. The Bertz CT molecular complexity index is 625. The molecule has 0 bridgehead atoms. The van der Waals surface area contributed by atoms with Gasteiger partial charge in [0.1, 0.15) is 11.6 Å². The van der Waals surface area contributed by atoms with E-state index in [0.29, 0.717) is 11.1 Å². The summed E-state index contributed by atoms with van der Waals surface area (Å²) in [5, 5.41) is 3.38. The Morgan fingerprint density at radius 2 is 1.86 bits per heavy atom. The Morgan fingerprint density at radius 3 is 2.48 bits per heavy atom. The molecule has 0 aliphatic heterocycles. The molecule has 0 radical (unpaired) electrons. The number of nitrogens with one attached hydrogen (secondary N) is 1. The molecule has 0 aromatic heterocycles. The van der Waals surface area contributed by atoms with Gasteiger partial charge in [0.2, 0.25) is 0 Å². The summed E-state index contributed by atoms with van der Waals surface area (Å²) in [6, 6.07) is 11.3. The van der Waals surface area contributed by atoms with Crippen molar-refractivity contribution in [3.05, 3.63) is 64.5 Å². The lowest BCUT2D eigenvalue weighted by Gasteiger charge is -2.22. The van der Waals surface area contributed by atoms with Crippen LogP contribution in [-0.2, 0) is 0 Å². The van der Waals surface area contributed by atoms with Gasteiger partial charge in [0.25, 0.3) is 0 Å². The number of hydrogen-bond donors (Lipinski definition) is 1. The lowest BCUT2D eigenvalue weighted by molar-refractivity contribution is 0.414. The zero-order chi connectivity index (χ0) is 15.4. The van der Waals surface area contributed by atoms with Gasteiger partial charge < -0.3 is 10.1 Å². The third kappa shape index (κ3) is 3.24. The fraction of sp³-hybridized carbons (Fsp3) is 0.333. The van der Waals surface area contributed by atoms with Crippen molar-refractivity contribution in [3.8, 4) is 5.75 Å².